The van der Waals surface area contributed by atoms with Gasteiger partial charge in [-0.2, -0.15) is 0 Å². The molecule has 0 aliphatic rings. The van der Waals surface area contributed by atoms with Gasteiger partial charge in [0.2, 0.25) is 0 Å². The summed E-state index contributed by atoms with van der Waals surface area (Å²) in [6.45, 7) is -0.105. The van der Waals surface area contributed by atoms with Gasteiger partial charge in [0, 0.05) is 17.3 Å². The molecule has 1 atom stereocenters. The molecule has 0 fully saturated rings. The highest BCUT2D eigenvalue weighted by Crippen LogP contribution is 2.15. The molecule has 0 aromatic heterocycles. The Morgan fingerprint density at radius 2 is 2.22 bits per heavy atom. The van der Waals surface area contributed by atoms with E-state index in [-0.39, 0.29) is 6.54 Å². The first-order valence-corrected chi connectivity index (χ1v) is 5.88. The molecule has 1 rings (SSSR count). The lowest BCUT2D eigenvalue weighted by Gasteiger charge is -2.12. The maximum atomic E-state index is 11.5. The first-order valence-electron chi connectivity index (χ1n) is 5.09. The normalized spacial score (nSPS) is 11.7. The number of ether oxygens (including phenoxy) is 1. The van der Waals surface area contributed by atoms with E-state index in [4.69, 9.17) is 5.11 Å². The molecule has 2 amide bonds. The SMILES string of the molecule is COC(CNC(=O)Nc1cccc(Br)c1)C(=O)O. The zero-order chi connectivity index (χ0) is 13.5. The number of benzene rings is 1. The molecule has 6 nitrogen and oxygen atoms in total. The molecule has 1 aromatic carbocycles. The Morgan fingerprint density at radius 3 is 2.78 bits per heavy atom. The van der Waals surface area contributed by atoms with E-state index in [9.17, 15) is 9.59 Å². The highest BCUT2D eigenvalue weighted by Gasteiger charge is 2.16. The number of methoxy groups -OCH3 is 1. The number of aliphatic carboxylic acids is 1. The molecule has 0 radical (unpaired) electrons. The zero-order valence-electron chi connectivity index (χ0n) is 9.64. The summed E-state index contributed by atoms with van der Waals surface area (Å²) in [4.78, 5) is 22.1. The van der Waals surface area contributed by atoms with E-state index < -0.39 is 18.1 Å². The Balaban J connectivity index is 2.45. The number of rotatable bonds is 5. The molecule has 3 N–H and O–H groups in total. The average Bonchev–Trinajstić information content (AvgIpc) is 2.29. The van der Waals surface area contributed by atoms with E-state index in [1.54, 1.807) is 18.2 Å². The van der Waals surface area contributed by atoms with Crippen LogP contribution < -0.4 is 10.6 Å². The Kier molecular flexibility index (Phi) is 5.60. The summed E-state index contributed by atoms with van der Waals surface area (Å²) < 4.78 is 5.52. The van der Waals surface area contributed by atoms with E-state index >= 15 is 0 Å². The molecule has 0 bridgehead atoms. The van der Waals surface area contributed by atoms with Gasteiger partial charge in [-0.1, -0.05) is 22.0 Å². The van der Waals surface area contributed by atoms with E-state index in [0.717, 1.165) is 4.47 Å². The Hall–Kier alpha value is -1.60. The molecule has 0 aliphatic heterocycles. The van der Waals surface area contributed by atoms with E-state index in [1.165, 1.54) is 7.11 Å². The molecular weight excluding hydrogens is 304 g/mol. The fourth-order valence-electron chi connectivity index (χ4n) is 1.20. The molecule has 7 heteroatoms. The first kappa shape index (κ1) is 14.5. The second kappa shape index (κ2) is 6.97. The molecule has 0 heterocycles. The molecular formula is C11H13BrN2O4. The van der Waals surface area contributed by atoms with E-state index in [0.29, 0.717) is 5.69 Å². The third kappa shape index (κ3) is 4.72. The highest BCUT2D eigenvalue weighted by molar-refractivity contribution is 9.10. The van der Waals surface area contributed by atoms with Gasteiger partial charge in [-0.15, -0.1) is 0 Å². The Morgan fingerprint density at radius 1 is 1.50 bits per heavy atom. The average molecular weight is 317 g/mol. The number of hydrogen-bond acceptors (Lipinski definition) is 3. The summed E-state index contributed by atoms with van der Waals surface area (Å²) >= 11 is 3.28. The van der Waals surface area contributed by atoms with Crippen molar-refractivity contribution >= 4 is 33.6 Å². The van der Waals surface area contributed by atoms with Crippen molar-refractivity contribution in [2.45, 2.75) is 6.10 Å². The third-order valence-corrected chi connectivity index (χ3v) is 2.58. The number of carbonyl (C=O) groups is 2. The first-order chi connectivity index (χ1) is 8.52. The minimum atomic E-state index is -1.12. The van der Waals surface area contributed by atoms with E-state index in [2.05, 4.69) is 31.3 Å². The number of anilines is 1. The van der Waals surface area contributed by atoms with Crippen molar-refractivity contribution in [2.24, 2.45) is 0 Å². The summed E-state index contributed by atoms with van der Waals surface area (Å²) in [5.74, 6) is -1.12. The number of carbonyl (C=O) groups excluding carboxylic acids is 1. The molecule has 0 spiro atoms. The lowest BCUT2D eigenvalue weighted by atomic mass is 10.3. The fraction of sp³-hybridized carbons (Fsp3) is 0.273. The summed E-state index contributed by atoms with van der Waals surface area (Å²) in [6, 6.07) is 6.56. The van der Waals surface area contributed by atoms with Crippen LogP contribution in [0.15, 0.2) is 28.7 Å². The molecule has 0 saturated carbocycles. The van der Waals surface area contributed by atoms with Crippen molar-refractivity contribution in [1.82, 2.24) is 5.32 Å². The van der Waals surface area contributed by atoms with Gasteiger partial charge in [0.25, 0.3) is 0 Å². The largest absolute Gasteiger partial charge is 0.479 e. The van der Waals surface area contributed by atoms with Crippen molar-refractivity contribution < 1.29 is 19.4 Å². The van der Waals surface area contributed by atoms with Crippen molar-refractivity contribution in [2.75, 3.05) is 19.0 Å². The predicted octanol–water partition coefficient (Wildman–Crippen LogP) is 1.67. The topological polar surface area (TPSA) is 87.7 Å². The van der Waals surface area contributed by atoms with Crippen LogP contribution in [0.4, 0.5) is 10.5 Å². The van der Waals surface area contributed by atoms with E-state index in [1.807, 2.05) is 6.07 Å². The number of amides is 2. The van der Waals surface area contributed by atoms with Crippen LogP contribution in [0.5, 0.6) is 0 Å². The van der Waals surface area contributed by atoms with Gasteiger partial charge in [0.1, 0.15) is 0 Å². The van der Waals surface area contributed by atoms with Gasteiger partial charge in [-0.3, -0.25) is 0 Å². The molecule has 1 aromatic rings. The minimum Gasteiger partial charge on any atom is -0.479 e. The predicted molar refractivity (Wildman–Crippen MR) is 69.6 cm³/mol. The monoisotopic (exact) mass is 316 g/mol. The molecule has 18 heavy (non-hydrogen) atoms. The fourth-order valence-corrected chi connectivity index (χ4v) is 1.60. The summed E-state index contributed by atoms with van der Waals surface area (Å²) in [7, 11) is 1.27. The van der Waals surface area contributed by atoms with Crippen LogP contribution in [0.1, 0.15) is 0 Å². The van der Waals surface area contributed by atoms with Gasteiger partial charge < -0.3 is 20.5 Å². The number of halogens is 1. The molecule has 98 valence electrons. The standard InChI is InChI=1S/C11H13BrN2O4/c1-18-9(10(15)16)6-13-11(17)14-8-4-2-3-7(12)5-8/h2-5,9H,6H2,1H3,(H,15,16)(H2,13,14,17). The number of nitrogens with one attached hydrogen (secondary N) is 2. The van der Waals surface area contributed by atoms with Crippen LogP contribution in [-0.2, 0) is 9.53 Å². The van der Waals surface area contributed by atoms with Gasteiger partial charge in [0.15, 0.2) is 6.10 Å². The van der Waals surface area contributed by atoms with Gasteiger partial charge in [-0.05, 0) is 18.2 Å². The number of carboxylic acids is 1. The lowest BCUT2D eigenvalue weighted by Crippen LogP contribution is -2.39. The van der Waals surface area contributed by atoms with Gasteiger partial charge in [-0.25, -0.2) is 9.59 Å². The van der Waals surface area contributed by atoms with Crippen LogP contribution in [0.3, 0.4) is 0 Å². The van der Waals surface area contributed by atoms with Gasteiger partial charge in [0.05, 0.1) is 6.54 Å². The summed E-state index contributed by atoms with van der Waals surface area (Å²) in [5.41, 5.74) is 0.603. The third-order valence-electron chi connectivity index (χ3n) is 2.09. The second-order valence-corrected chi connectivity index (χ2v) is 4.32. The maximum absolute atomic E-state index is 11.5. The van der Waals surface area contributed by atoms with Crippen molar-refractivity contribution in [3.8, 4) is 0 Å². The van der Waals surface area contributed by atoms with Gasteiger partial charge >= 0.3 is 12.0 Å². The molecule has 1 unspecified atom stereocenters. The molecule has 0 aliphatic carbocycles. The van der Waals surface area contributed by atoms with Crippen molar-refractivity contribution in [3.05, 3.63) is 28.7 Å². The minimum absolute atomic E-state index is 0.105. The molecule has 0 saturated heterocycles. The summed E-state index contributed by atoms with van der Waals surface area (Å²) in [5, 5.41) is 13.7. The lowest BCUT2D eigenvalue weighted by molar-refractivity contribution is -0.147. The zero-order valence-corrected chi connectivity index (χ0v) is 11.2. The maximum Gasteiger partial charge on any atom is 0.334 e. The quantitative estimate of drug-likeness (QED) is 0.771. The summed E-state index contributed by atoms with van der Waals surface area (Å²) in [6.07, 6.45) is -1.06. The number of hydrogen-bond donors (Lipinski definition) is 3. The van der Waals surface area contributed by atoms with Crippen LogP contribution in [0.2, 0.25) is 0 Å². The second-order valence-electron chi connectivity index (χ2n) is 3.41. The van der Waals surface area contributed by atoms with Crippen molar-refractivity contribution in [1.29, 1.82) is 0 Å². The van der Waals surface area contributed by atoms with Crippen LogP contribution in [0, 0.1) is 0 Å². The number of urea groups is 1. The van der Waals surface area contributed by atoms with Crippen LogP contribution in [-0.4, -0.2) is 36.9 Å². The van der Waals surface area contributed by atoms with Crippen LogP contribution >= 0.6 is 15.9 Å². The van der Waals surface area contributed by atoms with Crippen LogP contribution in [0.25, 0.3) is 0 Å². The smallest absolute Gasteiger partial charge is 0.334 e. The number of carboxylic acid groups (broad SMARTS) is 1. The Labute approximate surface area is 112 Å². The van der Waals surface area contributed by atoms with Crippen molar-refractivity contribution in [3.63, 3.8) is 0 Å². The Bertz CT molecular complexity index is 439. The highest BCUT2D eigenvalue weighted by atomic mass is 79.9.